The van der Waals surface area contributed by atoms with E-state index in [0.717, 1.165) is 10.9 Å². The van der Waals surface area contributed by atoms with E-state index in [0.29, 0.717) is 17.8 Å². The van der Waals surface area contributed by atoms with Crippen LogP contribution in [0.5, 0.6) is 0 Å². The number of hydrogen-bond donors (Lipinski definition) is 2. The summed E-state index contributed by atoms with van der Waals surface area (Å²) in [5.41, 5.74) is 1.14. The van der Waals surface area contributed by atoms with Crippen molar-refractivity contribution in [1.29, 1.82) is 0 Å². The van der Waals surface area contributed by atoms with E-state index >= 15 is 0 Å². The minimum Gasteiger partial charge on any atom is -0.307 e. The molecule has 0 aliphatic carbocycles. The Labute approximate surface area is 158 Å². The molecule has 0 saturated heterocycles. The highest BCUT2D eigenvalue weighted by molar-refractivity contribution is 7.89. The molecule has 0 aliphatic rings. The van der Waals surface area contributed by atoms with Crippen LogP contribution in [0.1, 0.15) is 30.6 Å². The Bertz CT molecular complexity index is 1060. The number of aromatic nitrogens is 1. The molecule has 1 amide bonds. The van der Waals surface area contributed by atoms with Crippen molar-refractivity contribution in [3.63, 3.8) is 0 Å². The molecule has 3 rings (SSSR count). The van der Waals surface area contributed by atoms with Gasteiger partial charge in [0.25, 0.3) is 5.91 Å². The van der Waals surface area contributed by atoms with Crippen LogP contribution < -0.4 is 10.0 Å². The number of nitrogens with zero attached hydrogens (tertiary/aromatic N) is 1. The summed E-state index contributed by atoms with van der Waals surface area (Å²) in [6.07, 6.45) is 0.693. The van der Waals surface area contributed by atoms with Crippen molar-refractivity contribution in [2.75, 3.05) is 5.32 Å². The Morgan fingerprint density at radius 2 is 1.74 bits per heavy atom. The molecule has 2 aromatic carbocycles. The van der Waals surface area contributed by atoms with Crippen molar-refractivity contribution >= 4 is 32.7 Å². The maximum Gasteiger partial charge on any atom is 0.256 e. The smallest absolute Gasteiger partial charge is 0.256 e. The van der Waals surface area contributed by atoms with Gasteiger partial charge in [0, 0.05) is 17.0 Å². The predicted molar refractivity (Wildman–Crippen MR) is 106 cm³/mol. The summed E-state index contributed by atoms with van der Waals surface area (Å²) in [5, 5.41) is 3.72. The Hall–Kier alpha value is -2.77. The van der Waals surface area contributed by atoms with Gasteiger partial charge in [-0.2, -0.15) is 0 Å². The van der Waals surface area contributed by atoms with Gasteiger partial charge in [-0.1, -0.05) is 25.1 Å². The third-order valence-electron chi connectivity index (χ3n) is 4.24. The van der Waals surface area contributed by atoms with Crippen LogP contribution in [0, 0.1) is 0 Å². The van der Waals surface area contributed by atoms with Gasteiger partial charge < -0.3 is 5.32 Å². The summed E-state index contributed by atoms with van der Waals surface area (Å²) >= 11 is 0. The normalized spacial score (nSPS) is 12.7. The lowest BCUT2D eigenvalue weighted by Crippen LogP contribution is -2.32. The van der Waals surface area contributed by atoms with Crippen molar-refractivity contribution in [2.45, 2.75) is 31.2 Å². The highest BCUT2D eigenvalue weighted by Crippen LogP contribution is 2.16. The number of carbonyl (C=O) groups excluding carboxylic acids is 1. The Morgan fingerprint density at radius 1 is 1.04 bits per heavy atom. The standard InChI is InChI=1S/C20H21N3O3S/c1-3-14(2)23-27(25,26)17-11-8-16(9-12-17)20(24)22-19-13-10-15-6-4-5-7-18(15)21-19/h4-14,23H,3H2,1-2H3,(H,21,22,24). The average molecular weight is 383 g/mol. The first-order valence-electron chi connectivity index (χ1n) is 8.68. The molecule has 0 bridgehead atoms. The number of amides is 1. The summed E-state index contributed by atoms with van der Waals surface area (Å²) in [6.45, 7) is 3.71. The van der Waals surface area contributed by atoms with Crippen LogP contribution in [0.15, 0.2) is 65.6 Å². The highest BCUT2D eigenvalue weighted by Gasteiger charge is 2.17. The highest BCUT2D eigenvalue weighted by atomic mass is 32.2. The number of pyridine rings is 1. The average Bonchev–Trinajstić information content (AvgIpc) is 2.67. The zero-order valence-electron chi connectivity index (χ0n) is 15.1. The molecule has 0 aliphatic heterocycles. The van der Waals surface area contributed by atoms with Gasteiger partial charge in [-0.3, -0.25) is 4.79 Å². The molecule has 0 radical (unpaired) electrons. The topological polar surface area (TPSA) is 88.2 Å². The van der Waals surface area contributed by atoms with Crippen LogP contribution in [0.25, 0.3) is 10.9 Å². The van der Waals surface area contributed by atoms with Gasteiger partial charge in [-0.25, -0.2) is 18.1 Å². The van der Waals surface area contributed by atoms with Gasteiger partial charge in [0.15, 0.2) is 0 Å². The summed E-state index contributed by atoms with van der Waals surface area (Å²) < 4.78 is 27.1. The molecular weight excluding hydrogens is 362 g/mol. The first kappa shape index (κ1) is 19.0. The number of nitrogens with one attached hydrogen (secondary N) is 2. The van der Waals surface area contributed by atoms with Crippen molar-refractivity contribution in [3.8, 4) is 0 Å². The molecule has 0 saturated carbocycles. The van der Waals surface area contributed by atoms with Crippen LogP contribution in [0.2, 0.25) is 0 Å². The number of benzene rings is 2. The molecule has 0 fully saturated rings. The fourth-order valence-corrected chi connectivity index (χ4v) is 3.85. The van der Waals surface area contributed by atoms with Crippen molar-refractivity contribution < 1.29 is 13.2 Å². The van der Waals surface area contributed by atoms with Crippen molar-refractivity contribution in [1.82, 2.24) is 9.71 Å². The number of rotatable bonds is 6. The lowest BCUT2D eigenvalue weighted by molar-refractivity contribution is 0.102. The third kappa shape index (κ3) is 4.50. The van der Waals surface area contributed by atoms with Gasteiger partial charge >= 0.3 is 0 Å². The first-order valence-corrected chi connectivity index (χ1v) is 10.2. The molecule has 1 heterocycles. The molecule has 6 nitrogen and oxygen atoms in total. The minimum absolute atomic E-state index is 0.128. The maximum atomic E-state index is 12.4. The minimum atomic E-state index is -3.59. The molecule has 1 unspecified atom stereocenters. The zero-order chi connectivity index (χ0) is 19.4. The Morgan fingerprint density at radius 3 is 2.44 bits per heavy atom. The second kappa shape index (κ2) is 7.85. The van der Waals surface area contributed by atoms with Crippen molar-refractivity contribution in [2.24, 2.45) is 0 Å². The van der Waals surface area contributed by atoms with Crippen LogP contribution >= 0.6 is 0 Å². The number of para-hydroxylation sites is 1. The summed E-state index contributed by atoms with van der Waals surface area (Å²) in [4.78, 5) is 16.9. The number of fused-ring (bicyclic) bond motifs is 1. The molecule has 3 aromatic rings. The van der Waals surface area contributed by atoms with E-state index in [4.69, 9.17) is 0 Å². The van der Waals surface area contributed by atoms with Crippen LogP contribution in [0.4, 0.5) is 5.82 Å². The SMILES string of the molecule is CCC(C)NS(=O)(=O)c1ccc(C(=O)Nc2ccc3ccccc3n2)cc1. The van der Waals surface area contributed by atoms with E-state index in [9.17, 15) is 13.2 Å². The lowest BCUT2D eigenvalue weighted by atomic mass is 10.2. The molecule has 1 aromatic heterocycles. The predicted octanol–water partition coefficient (Wildman–Crippen LogP) is 3.56. The number of hydrogen-bond acceptors (Lipinski definition) is 4. The number of carbonyl (C=O) groups is 1. The molecular formula is C20H21N3O3S. The second-order valence-electron chi connectivity index (χ2n) is 6.30. The summed E-state index contributed by atoms with van der Waals surface area (Å²) in [5.74, 6) is 0.0884. The lowest BCUT2D eigenvalue weighted by Gasteiger charge is -2.12. The number of sulfonamides is 1. The van der Waals surface area contributed by atoms with Gasteiger partial charge in [-0.15, -0.1) is 0 Å². The fraction of sp³-hybridized carbons (Fsp3) is 0.200. The zero-order valence-corrected chi connectivity index (χ0v) is 16.0. The third-order valence-corrected chi connectivity index (χ3v) is 5.84. The van der Waals surface area contributed by atoms with E-state index in [2.05, 4.69) is 15.0 Å². The summed E-state index contributed by atoms with van der Waals surface area (Å²) in [7, 11) is -3.59. The van der Waals surface area contributed by atoms with E-state index < -0.39 is 10.0 Å². The molecule has 7 heteroatoms. The Kier molecular flexibility index (Phi) is 5.53. The van der Waals surface area contributed by atoms with Crippen LogP contribution in [-0.2, 0) is 10.0 Å². The molecule has 1 atom stereocenters. The van der Waals surface area contributed by atoms with E-state index in [1.165, 1.54) is 24.3 Å². The molecule has 2 N–H and O–H groups in total. The van der Waals surface area contributed by atoms with E-state index in [1.807, 2.05) is 37.3 Å². The van der Waals surface area contributed by atoms with Gasteiger partial charge in [-0.05, 0) is 55.8 Å². The second-order valence-corrected chi connectivity index (χ2v) is 8.01. The van der Waals surface area contributed by atoms with Crippen LogP contribution in [0.3, 0.4) is 0 Å². The molecule has 27 heavy (non-hydrogen) atoms. The Balaban J connectivity index is 1.75. The maximum absolute atomic E-state index is 12.4. The van der Waals surface area contributed by atoms with Gasteiger partial charge in [0.2, 0.25) is 10.0 Å². The fourth-order valence-electron chi connectivity index (χ4n) is 2.53. The number of anilines is 1. The molecule has 140 valence electrons. The largest absolute Gasteiger partial charge is 0.307 e. The van der Waals surface area contributed by atoms with E-state index in [-0.39, 0.29) is 16.8 Å². The first-order chi connectivity index (χ1) is 12.9. The van der Waals surface area contributed by atoms with Gasteiger partial charge in [0.1, 0.15) is 5.82 Å². The van der Waals surface area contributed by atoms with Crippen molar-refractivity contribution in [3.05, 3.63) is 66.2 Å². The molecule has 0 spiro atoms. The monoisotopic (exact) mass is 383 g/mol. The summed E-state index contributed by atoms with van der Waals surface area (Å²) in [6, 6.07) is 16.9. The van der Waals surface area contributed by atoms with E-state index in [1.54, 1.807) is 13.0 Å². The van der Waals surface area contributed by atoms with Gasteiger partial charge in [0.05, 0.1) is 10.4 Å². The van der Waals surface area contributed by atoms with Crippen LogP contribution in [-0.4, -0.2) is 25.4 Å². The quantitative estimate of drug-likeness (QED) is 0.681.